The summed E-state index contributed by atoms with van der Waals surface area (Å²) in [5.41, 5.74) is 2.40. The molecule has 0 saturated carbocycles. The fourth-order valence-electron chi connectivity index (χ4n) is 3.59. The fraction of sp³-hybridized carbons (Fsp3) is 0.107. The van der Waals surface area contributed by atoms with E-state index < -0.39 is 24.4 Å². The SMILES string of the molecule is O=C(COC(=O)c1ccccc1NC(=O)c1ccco1)N[C@H](Cc1ccccc1)c1ccccc1. The molecule has 7 nitrogen and oxygen atoms in total. The van der Waals surface area contributed by atoms with E-state index in [4.69, 9.17) is 9.15 Å². The van der Waals surface area contributed by atoms with Crippen molar-refractivity contribution in [2.75, 3.05) is 11.9 Å². The number of furan rings is 1. The van der Waals surface area contributed by atoms with E-state index >= 15 is 0 Å². The largest absolute Gasteiger partial charge is 0.459 e. The van der Waals surface area contributed by atoms with Gasteiger partial charge in [-0.15, -0.1) is 0 Å². The number of ether oxygens (including phenoxy) is 1. The minimum Gasteiger partial charge on any atom is -0.459 e. The van der Waals surface area contributed by atoms with Crippen LogP contribution in [0.2, 0.25) is 0 Å². The van der Waals surface area contributed by atoms with Gasteiger partial charge in [0.1, 0.15) is 0 Å². The summed E-state index contributed by atoms with van der Waals surface area (Å²) in [4.78, 5) is 37.7. The molecule has 0 spiro atoms. The van der Waals surface area contributed by atoms with Gasteiger partial charge in [-0.1, -0.05) is 72.8 Å². The van der Waals surface area contributed by atoms with Gasteiger partial charge in [0.05, 0.1) is 23.6 Å². The minimum absolute atomic E-state index is 0.109. The van der Waals surface area contributed by atoms with Gasteiger partial charge in [0.2, 0.25) is 0 Å². The molecule has 2 amide bonds. The zero-order chi connectivity index (χ0) is 24.5. The number of rotatable bonds is 9. The number of para-hydroxylation sites is 1. The second kappa shape index (κ2) is 11.5. The standard InChI is InChI=1S/C28H24N2O5/c31-26(29-24(21-12-5-2-6-13-21)18-20-10-3-1-4-11-20)19-35-28(33)22-14-7-8-15-23(22)30-27(32)25-16-9-17-34-25/h1-17,24H,18-19H2,(H,29,31)(H,30,32)/t24-/m1/s1. The van der Waals surface area contributed by atoms with Crippen LogP contribution in [0.1, 0.15) is 38.1 Å². The lowest BCUT2D eigenvalue weighted by molar-refractivity contribution is -0.125. The van der Waals surface area contributed by atoms with Gasteiger partial charge < -0.3 is 19.8 Å². The van der Waals surface area contributed by atoms with Crippen molar-refractivity contribution in [3.63, 3.8) is 0 Å². The Morgan fingerprint density at radius 3 is 2.20 bits per heavy atom. The van der Waals surface area contributed by atoms with E-state index in [0.717, 1.165) is 11.1 Å². The van der Waals surface area contributed by atoms with Gasteiger partial charge in [-0.2, -0.15) is 0 Å². The van der Waals surface area contributed by atoms with Crippen LogP contribution in [0.5, 0.6) is 0 Å². The molecule has 35 heavy (non-hydrogen) atoms. The highest BCUT2D eigenvalue weighted by Gasteiger charge is 2.19. The van der Waals surface area contributed by atoms with Gasteiger partial charge in [0.15, 0.2) is 12.4 Å². The third-order valence-corrected chi connectivity index (χ3v) is 5.29. The maximum atomic E-state index is 12.7. The first-order chi connectivity index (χ1) is 17.1. The molecule has 176 valence electrons. The van der Waals surface area contributed by atoms with Crippen LogP contribution in [0, 0.1) is 0 Å². The number of nitrogens with one attached hydrogen (secondary N) is 2. The summed E-state index contributed by atoms with van der Waals surface area (Å²) >= 11 is 0. The Labute approximate surface area is 202 Å². The summed E-state index contributed by atoms with van der Waals surface area (Å²) in [6, 6.07) is 28.7. The van der Waals surface area contributed by atoms with Crippen molar-refractivity contribution in [2.24, 2.45) is 0 Å². The number of esters is 1. The Morgan fingerprint density at radius 1 is 0.800 bits per heavy atom. The average molecular weight is 469 g/mol. The van der Waals surface area contributed by atoms with Gasteiger partial charge >= 0.3 is 5.97 Å². The molecule has 0 saturated heterocycles. The molecule has 4 aromatic rings. The molecule has 1 aromatic heterocycles. The lowest BCUT2D eigenvalue weighted by atomic mass is 9.99. The molecular formula is C28H24N2O5. The first kappa shape index (κ1) is 23.5. The summed E-state index contributed by atoms with van der Waals surface area (Å²) in [7, 11) is 0. The van der Waals surface area contributed by atoms with E-state index in [1.807, 2.05) is 60.7 Å². The Hall–Kier alpha value is -4.65. The highest BCUT2D eigenvalue weighted by Crippen LogP contribution is 2.20. The monoisotopic (exact) mass is 468 g/mol. The van der Waals surface area contributed by atoms with Crippen molar-refractivity contribution in [1.29, 1.82) is 0 Å². The Balaban J connectivity index is 1.39. The van der Waals surface area contributed by atoms with Crippen LogP contribution >= 0.6 is 0 Å². The summed E-state index contributed by atoms with van der Waals surface area (Å²) in [6.45, 7) is -0.461. The van der Waals surface area contributed by atoms with Crippen molar-refractivity contribution < 1.29 is 23.5 Å². The van der Waals surface area contributed by atoms with E-state index in [2.05, 4.69) is 10.6 Å². The lowest BCUT2D eigenvalue weighted by Crippen LogP contribution is -2.33. The summed E-state index contributed by atoms with van der Waals surface area (Å²) in [6.07, 6.45) is 1.97. The van der Waals surface area contributed by atoms with Crippen molar-refractivity contribution in [2.45, 2.75) is 12.5 Å². The molecule has 1 heterocycles. The normalized spacial score (nSPS) is 11.3. The van der Waals surface area contributed by atoms with Gasteiger partial charge in [0, 0.05) is 0 Å². The van der Waals surface area contributed by atoms with E-state index in [-0.39, 0.29) is 23.1 Å². The Morgan fingerprint density at radius 2 is 1.49 bits per heavy atom. The average Bonchev–Trinajstić information content (AvgIpc) is 3.44. The van der Waals surface area contributed by atoms with Gasteiger partial charge in [-0.3, -0.25) is 9.59 Å². The summed E-state index contributed by atoms with van der Waals surface area (Å²) in [5, 5.41) is 5.58. The van der Waals surface area contributed by atoms with Crippen LogP contribution in [0.25, 0.3) is 0 Å². The van der Waals surface area contributed by atoms with Crippen LogP contribution in [0.15, 0.2) is 108 Å². The maximum Gasteiger partial charge on any atom is 0.340 e. The third kappa shape index (κ3) is 6.45. The van der Waals surface area contributed by atoms with E-state index in [0.29, 0.717) is 6.42 Å². The van der Waals surface area contributed by atoms with Gasteiger partial charge in [-0.05, 0) is 41.8 Å². The lowest BCUT2D eigenvalue weighted by Gasteiger charge is -2.19. The number of hydrogen-bond acceptors (Lipinski definition) is 5. The quantitative estimate of drug-likeness (QED) is 0.344. The minimum atomic E-state index is -0.727. The molecular weight excluding hydrogens is 444 g/mol. The molecule has 0 unspecified atom stereocenters. The van der Waals surface area contributed by atoms with Crippen molar-refractivity contribution in [3.8, 4) is 0 Å². The molecule has 0 bridgehead atoms. The van der Waals surface area contributed by atoms with Crippen LogP contribution in [0.3, 0.4) is 0 Å². The van der Waals surface area contributed by atoms with Crippen molar-refractivity contribution in [3.05, 3.63) is 126 Å². The predicted octanol–water partition coefficient (Wildman–Crippen LogP) is 4.79. The fourth-order valence-corrected chi connectivity index (χ4v) is 3.59. The molecule has 2 N–H and O–H groups in total. The second-order valence-corrected chi connectivity index (χ2v) is 7.77. The number of anilines is 1. The molecule has 0 fully saturated rings. The highest BCUT2D eigenvalue weighted by atomic mass is 16.5. The number of hydrogen-bond donors (Lipinski definition) is 2. The maximum absolute atomic E-state index is 12.7. The summed E-state index contributed by atoms with van der Waals surface area (Å²) in [5.74, 6) is -1.55. The molecule has 1 atom stereocenters. The topological polar surface area (TPSA) is 97.6 Å². The molecule has 3 aromatic carbocycles. The zero-order valence-electron chi connectivity index (χ0n) is 18.8. The van der Waals surface area contributed by atoms with Gasteiger partial charge in [-0.25, -0.2) is 4.79 Å². The van der Waals surface area contributed by atoms with Crippen molar-refractivity contribution >= 4 is 23.5 Å². The van der Waals surface area contributed by atoms with Gasteiger partial charge in [0.25, 0.3) is 11.8 Å². The van der Waals surface area contributed by atoms with E-state index in [9.17, 15) is 14.4 Å². The third-order valence-electron chi connectivity index (χ3n) is 5.29. The number of amides is 2. The number of carbonyl (C=O) groups excluding carboxylic acids is 3. The second-order valence-electron chi connectivity index (χ2n) is 7.77. The van der Waals surface area contributed by atoms with Crippen molar-refractivity contribution in [1.82, 2.24) is 5.32 Å². The molecule has 0 aliphatic rings. The summed E-state index contributed by atoms with van der Waals surface area (Å²) < 4.78 is 10.3. The van der Waals surface area contributed by atoms with E-state index in [1.54, 1.807) is 24.3 Å². The first-order valence-corrected chi connectivity index (χ1v) is 11.1. The molecule has 0 aliphatic heterocycles. The highest BCUT2D eigenvalue weighted by molar-refractivity contribution is 6.06. The van der Waals surface area contributed by atoms with Crippen LogP contribution in [0.4, 0.5) is 5.69 Å². The smallest absolute Gasteiger partial charge is 0.340 e. The van der Waals surface area contributed by atoms with Crippen LogP contribution in [-0.2, 0) is 16.0 Å². The number of carbonyl (C=O) groups is 3. The Bertz CT molecular complexity index is 1270. The molecule has 0 aliphatic carbocycles. The van der Waals surface area contributed by atoms with Crippen LogP contribution < -0.4 is 10.6 Å². The molecule has 7 heteroatoms. The first-order valence-electron chi connectivity index (χ1n) is 11.1. The molecule has 4 rings (SSSR count). The van der Waals surface area contributed by atoms with E-state index in [1.165, 1.54) is 18.4 Å². The zero-order valence-corrected chi connectivity index (χ0v) is 18.8. The number of benzene rings is 3. The molecule has 0 radical (unpaired) electrons. The Kier molecular flexibility index (Phi) is 7.70. The predicted molar refractivity (Wildman–Crippen MR) is 131 cm³/mol. The van der Waals surface area contributed by atoms with Crippen LogP contribution in [-0.4, -0.2) is 24.4 Å².